The minimum atomic E-state index is 0.449. The van der Waals surface area contributed by atoms with Crippen LogP contribution in [0.5, 0.6) is 0 Å². The fourth-order valence-electron chi connectivity index (χ4n) is 1.03. The fraction of sp³-hybridized carbons (Fsp3) is 0.111. The summed E-state index contributed by atoms with van der Waals surface area (Å²) in [5.41, 5.74) is 1.59. The largest absolute Gasteiger partial charge is 0.443 e. The summed E-state index contributed by atoms with van der Waals surface area (Å²) in [6, 6.07) is 1.83. The van der Waals surface area contributed by atoms with Crippen LogP contribution in [0.1, 0.15) is 5.56 Å². The van der Waals surface area contributed by atoms with Gasteiger partial charge in [-0.3, -0.25) is 0 Å². The van der Waals surface area contributed by atoms with Crippen LogP contribution in [-0.2, 0) is 0 Å². The highest BCUT2D eigenvalue weighted by Crippen LogP contribution is 2.24. The van der Waals surface area contributed by atoms with Crippen LogP contribution in [0.2, 0.25) is 5.02 Å². The Bertz CT molecular complexity index is 412. The maximum Gasteiger partial charge on any atom is 0.246 e. The summed E-state index contributed by atoms with van der Waals surface area (Å²) in [6.07, 6.45) is 4.78. The summed E-state index contributed by atoms with van der Waals surface area (Å²) in [7, 11) is 0. The highest BCUT2D eigenvalue weighted by molar-refractivity contribution is 6.32. The van der Waals surface area contributed by atoms with Crippen LogP contribution in [0.3, 0.4) is 0 Å². The van der Waals surface area contributed by atoms with Gasteiger partial charge in [0.15, 0.2) is 0 Å². The average Bonchev–Trinajstić information content (AvgIpc) is 2.56. The lowest BCUT2D eigenvalue weighted by atomic mass is 10.3. The van der Waals surface area contributed by atoms with Crippen molar-refractivity contribution in [3.63, 3.8) is 0 Å². The molecule has 0 amide bonds. The molecule has 0 aliphatic rings. The molecule has 0 fully saturated rings. The molecule has 0 aliphatic heterocycles. The smallest absolute Gasteiger partial charge is 0.246 e. The molecule has 66 valence electrons. The van der Waals surface area contributed by atoms with Gasteiger partial charge in [0.1, 0.15) is 12.0 Å². The zero-order valence-corrected chi connectivity index (χ0v) is 7.75. The van der Waals surface area contributed by atoms with Gasteiger partial charge in [0.05, 0.1) is 11.2 Å². The van der Waals surface area contributed by atoms with Gasteiger partial charge in [-0.05, 0) is 18.6 Å². The second-order valence-electron chi connectivity index (χ2n) is 2.68. The van der Waals surface area contributed by atoms with Crippen LogP contribution in [0.25, 0.3) is 11.6 Å². The van der Waals surface area contributed by atoms with Crippen molar-refractivity contribution >= 4 is 11.6 Å². The molecule has 2 aromatic heterocycles. The van der Waals surface area contributed by atoms with Crippen LogP contribution in [0.15, 0.2) is 29.1 Å². The Kier molecular flexibility index (Phi) is 2.02. The third kappa shape index (κ3) is 1.55. The number of pyridine rings is 1. The van der Waals surface area contributed by atoms with Crippen molar-refractivity contribution < 1.29 is 4.42 Å². The number of halogens is 1. The van der Waals surface area contributed by atoms with E-state index >= 15 is 0 Å². The molecule has 0 saturated carbocycles. The first-order chi connectivity index (χ1) is 6.27. The van der Waals surface area contributed by atoms with E-state index in [1.165, 1.54) is 6.26 Å². The summed E-state index contributed by atoms with van der Waals surface area (Å²) in [6.45, 7) is 1.93. The second-order valence-corrected chi connectivity index (χ2v) is 3.09. The van der Waals surface area contributed by atoms with Crippen LogP contribution in [0, 0.1) is 6.92 Å². The Morgan fingerprint density at radius 3 is 2.85 bits per heavy atom. The van der Waals surface area contributed by atoms with Crippen molar-refractivity contribution in [1.29, 1.82) is 0 Å². The average molecular weight is 195 g/mol. The van der Waals surface area contributed by atoms with E-state index in [-0.39, 0.29) is 0 Å². The molecule has 0 N–H and O–H groups in total. The molecule has 0 aliphatic carbocycles. The first-order valence-electron chi connectivity index (χ1n) is 3.79. The van der Waals surface area contributed by atoms with Crippen LogP contribution >= 0.6 is 11.6 Å². The molecule has 0 aromatic carbocycles. The molecule has 0 spiro atoms. The van der Waals surface area contributed by atoms with Gasteiger partial charge in [-0.25, -0.2) is 9.97 Å². The van der Waals surface area contributed by atoms with E-state index < -0.39 is 0 Å². The first-order valence-corrected chi connectivity index (χ1v) is 4.17. The van der Waals surface area contributed by atoms with Gasteiger partial charge in [0.2, 0.25) is 5.89 Å². The molecule has 0 unspecified atom stereocenters. The Labute approximate surface area is 80.4 Å². The number of oxazole rings is 1. The molecule has 0 bridgehead atoms. The minimum Gasteiger partial charge on any atom is -0.443 e. The van der Waals surface area contributed by atoms with Gasteiger partial charge in [0.25, 0.3) is 0 Å². The van der Waals surface area contributed by atoms with Crippen molar-refractivity contribution in [2.45, 2.75) is 6.92 Å². The molecule has 2 rings (SSSR count). The number of hydrogen-bond acceptors (Lipinski definition) is 3. The van der Waals surface area contributed by atoms with E-state index in [0.717, 1.165) is 5.56 Å². The molecule has 3 nitrogen and oxygen atoms in total. The van der Waals surface area contributed by atoms with Gasteiger partial charge in [-0.15, -0.1) is 0 Å². The fourth-order valence-corrected chi connectivity index (χ4v) is 1.33. The lowest BCUT2D eigenvalue weighted by molar-refractivity contribution is 0.572. The van der Waals surface area contributed by atoms with E-state index in [1.807, 2.05) is 13.0 Å². The second kappa shape index (κ2) is 3.18. The molecule has 13 heavy (non-hydrogen) atoms. The van der Waals surface area contributed by atoms with Gasteiger partial charge >= 0.3 is 0 Å². The predicted molar refractivity (Wildman–Crippen MR) is 49.5 cm³/mol. The third-order valence-electron chi connectivity index (χ3n) is 1.61. The van der Waals surface area contributed by atoms with E-state index in [2.05, 4.69) is 9.97 Å². The summed E-state index contributed by atoms with van der Waals surface area (Å²) < 4.78 is 5.08. The third-order valence-corrected chi connectivity index (χ3v) is 1.90. The molecule has 4 heteroatoms. The number of aromatic nitrogens is 2. The number of hydrogen-bond donors (Lipinski definition) is 0. The molecule has 2 aromatic rings. The highest BCUT2D eigenvalue weighted by atomic mass is 35.5. The quantitative estimate of drug-likeness (QED) is 0.701. The first kappa shape index (κ1) is 8.26. The molecular formula is C9H7ClN2O. The van der Waals surface area contributed by atoms with E-state index in [0.29, 0.717) is 16.6 Å². The maximum absolute atomic E-state index is 5.96. The van der Waals surface area contributed by atoms with Crippen molar-refractivity contribution in [3.8, 4) is 11.6 Å². The van der Waals surface area contributed by atoms with E-state index in [1.54, 1.807) is 12.4 Å². The Balaban J connectivity index is 2.53. The predicted octanol–water partition coefficient (Wildman–Crippen LogP) is 2.70. The van der Waals surface area contributed by atoms with Gasteiger partial charge < -0.3 is 4.42 Å². The zero-order valence-electron chi connectivity index (χ0n) is 6.99. The van der Waals surface area contributed by atoms with Crippen molar-refractivity contribution in [2.24, 2.45) is 0 Å². The number of aryl methyl sites for hydroxylation is 1. The Morgan fingerprint density at radius 1 is 1.38 bits per heavy atom. The summed E-state index contributed by atoms with van der Waals surface area (Å²) in [5.74, 6) is 0.449. The molecular weight excluding hydrogens is 188 g/mol. The SMILES string of the molecule is Cc1cnc(-c2ncco2)c(Cl)c1. The lowest BCUT2D eigenvalue weighted by Gasteiger charge is -1.98. The summed E-state index contributed by atoms with van der Waals surface area (Å²) >= 11 is 5.96. The molecule has 0 atom stereocenters. The number of nitrogens with zero attached hydrogens (tertiary/aromatic N) is 2. The van der Waals surface area contributed by atoms with Gasteiger partial charge in [0, 0.05) is 6.20 Å². The summed E-state index contributed by atoms with van der Waals surface area (Å²) in [5, 5.41) is 0.558. The zero-order chi connectivity index (χ0) is 9.26. The molecule has 0 saturated heterocycles. The molecule has 0 radical (unpaired) electrons. The van der Waals surface area contributed by atoms with Crippen molar-refractivity contribution in [1.82, 2.24) is 9.97 Å². The number of rotatable bonds is 1. The topological polar surface area (TPSA) is 38.9 Å². The minimum absolute atomic E-state index is 0.449. The standard InChI is InChI=1S/C9H7ClN2O/c1-6-4-7(10)8(12-5-6)9-11-2-3-13-9/h2-5H,1H3. The monoisotopic (exact) mass is 194 g/mol. The molecule has 2 heterocycles. The van der Waals surface area contributed by atoms with Crippen molar-refractivity contribution in [3.05, 3.63) is 35.3 Å². The van der Waals surface area contributed by atoms with Crippen molar-refractivity contribution in [2.75, 3.05) is 0 Å². The van der Waals surface area contributed by atoms with Crippen LogP contribution in [0.4, 0.5) is 0 Å². The van der Waals surface area contributed by atoms with Gasteiger partial charge in [-0.2, -0.15) is 0 Å². The van der Waals surface area contributed by atoms with E-state index in [9.17, 15) is 0 Å². The summed E-state index contributed by atoms with van der Waals surface area (Å²) in [4.78, 5) is 8.10. The van der Waals surface area contributed by atoms with Crippen LogP contribution in [-0.4, -0.2) is 9.97 Å². The maximum atomic E-state index is 5.96. The highest BCUT2D eigenvalue weighted by Gasteiger charge is 2.08. The lowest BCUT2D eigenvalue weighted by Crippen LogP contribution is -1.85. The Morgan fingerprint density at radius 2 is 2.23 bits per heavy atom. The van der Waals surface area contributed by atoms with Gasteiger partial charge in [-0.1, -0.05) is 11.6 Å². The van der Waals surface area contributed by atoms with Crippen LogP contribution < -0.4 is 0 Å². The van der Waals surface area contributed by atoms with E-state index in [4.69, 9.17) is 16.0 Å². The normalized spacial score (nSPS) is 10.3. The Hall–Kier alpha value is -1.35.